The molecule has 204 valence electrons. The van der Waals surface area contributed by atoms with Gasteiger partial charge in [-0.25, -0.2) is 9.18 Å². The van der Waals surface area contributed by atoms with Crippen LogP contribution in [0.5, 0.6) is 0 Å². The Labute approximate surface area is 226 Å². The van der Waals surface area contributed by atoms with Crippen molar-refractivity contribution in [3.63, 3.8) is 0 Å². The van der Waals surface area contributed by atoms with Crippen molar-refractivity contribution in [3.05, 3.63) is 105 Å². The number of rotatable bonds is 6. The predicted molar refractivity (Wildman–Crippen MR) is 141 cm³/mol. The molecule has 0 saturated carbocycles. The van der Waals surface area contributed by atoms with Gasteiger partial charge >= 0.3 is 12.1 Å². The minimum atomic E-state index is -4.84. The lowest BCUT2D eigenvalue weighted by Crippen LogP contribution is -2.30. The number of fused-ring (bicyclic) bond motifs is 1. The van der Waals surface area contributed by atoms with Crippen LogP contribution >= 0.6 is 11.6 Å². The Morgan fingerprint density at radius 3 is 2.18 bits per heavy atom. The van der Waals surface area contributed by atoms with Crippen molar-refractivity contribution in [2.75, 3.05) is 0 Å². The number of carbonyl (C=O) groups is 2. The molecule has 2 unspecified atom stereocenters. The van der Waals surface area contributed by atoms with Crippen LogP contribution in [0.25, 0.3) is 10.9 Å². The van der Waals surface area contributed by atoms with Crippen molar-refractivity contribution < 1.29 is 32.3 Å². The van der Waals surface area contributed by atoms with Crippen molar-refractivity contribution in [3.8, 4) is 0 Å². The van der Waals surface area contributed by atoms with E-state index in [1.807, 2.05) is 20.8 Å². The first-order valence-electron chi connectivity index (χ1n) is 11.9. The van der Waals surface area contributed by atoms with E-state index in [9.17, 15) is 27.9 Å². The number of hydrogen-bond donors (Lipinski definition) is 3. The van der Waals surface area contributed by atoms with E-state index in [1.165, 1.54) is 42.6 Å². The zero-order valence-electron chi connectivity index (χ0n) is 21.2. The van der Waals surface area contributed by atoms with Crippen molar-refractivity contribution in [2.24, 2.45) is 5.73 Å². The minimum absolute atomic E-state index is 0.106. The molecule has 10 heteroatoms. The van der Waals surface area contributed by atoms with E-state index in [1.54, 1.807) is 6.07 Å². The molecule has 0 radical (unpaired) electrons. The van der Waals surface area contributed by atoms with Crippen molar-refractivity contribution in [1.29, 1.82) is 0 Å². The van der Waals surface area contributed by atoms with Crippen LogP contribution in [0.4, 0.5) is 17.6 Å². The highest BCUT2D eigenvalue weighted by Gasteiger charge is 2.42. The number of aromatic nitrogens is 1. The summed E-state index contributed by atoms with van der Waals surface area (Å²) < 4.78 is 58.4. The molecular formula is C29H25ClF4N2O3. The maximum atomic E-state index is 16.1. The van der Waals surface area contributed by atoms with E-state index in [4.69, 9.17) is 17.3 Å². The third kappa shape index (κ3) is 5.11. The van der Waals surface area contributed by atoms with E-state index in [2.05, 4.69) is 4.98 Å². The summed E-state index contributed by atoms with van der Waals surface area (Å²) in [5.74, 6) is -6.37. The Morgan fingerprint density at radius 2 is 1.59 bits per heavy atom. The second kappa shape index (κ2) is 10.0. The number of amides is 1. The molecule has 1 amide bonds. The van der Waals surface area contributed by atoms with Crippen LogP contribution in [-0.4, -0.2) is 22.0 Å². The van der Waals surface area contributed by atoms with Gasteiger partial charge in [0.2, 0.25) is 5.91 Å². The number of carbonyl (C=O) groups excluding carboxylic acids is 1. The molecule has 0 spiro atoms. The van der Waals surface area contributed by atoms with Gasteiger partial charge in [0.15, 0.2) is 0 Å². The third-order valence-corrected chi connectivity index (χ3v) is 7.18. The number of nitrogens with one attached hydrogen (secondary N) is 1. The maximum Gasteiger partial charge on any atom is 0.416 e. The zero-order chi connectivity index (χ0) is 28.9. The van der Waals surface area contributed by atoms with Gasteiger partial charge in [0.05, 0.1) is 27.6 Å². The standard InChI is InChI=1S/C29H25ClF4N2O3/c1-28(2,3)20-12-11-16(24(31)23(20)30)21(18-13-36-25-14(18)8-6-9-17(25)27(38)39)22(26(35)37)15-7-4-5-10-19(15)29(32,33)34/h4-13,21-22,36H,1-3H3,(H2,35,37)(H,38,39). The first kappa shape index (κ1) is 28.2. The summed E-state index contributed by atoms with van der Waals surface area (Å²) >= 11 is 6.45. The summed E-state index contributed by atoms with van der Waals surface area (Å²) in [6.07, 6.45) is -3.48. The highest BCUT2D eigenvalue weighted by atomic mass is 35.5. The quantitative estimate of drug-likeness (QED) is 0.215. The molecule has 2 atom stereocenters. The summed E-state index contributed by atoms with van der Waals surface area (Å²) in [6, 6.07) is 11.8. The molecule has 39 heavy (non-hydrogen) atoms. The van der Waals surface area contributed by atoms with Crippen LogP contribution in [0.15, 0.2) is 60.8 Å². The van der Waals surface area contributed by atoms with Crippen LogP contribution < -0.4 is 5.73 Å². The molecule has 4 N–H and O–H groups in total. The van der Waals surface area contributed by atoms with Gasteiger partial charge in [-0.3, -0.25) is 4.79 Å². The van der Waals surface area contributed by atoms with E-state index in [0.717, 1.165) is 12.1 Å². The number of carboxylic acids is 1. The number of hydrogen-bond acceptors (Lipinski definition) is 2. The molecule has 4 aromatic rings. The van der Waals surface area contributed by atoms with Gasteiger partial charge in [0.25, 0.3) is 0 Å². The van der Waals surface area contributed by atoms with E-state index in [0.29, 0.717) is 5.56 Å². The molecule has 1 aromatic heterocycles. The lowest BCUT2D eigenvalue weighted by atomic mass is 9.74. The monoisotopic (exact) mass is 560 g/mol. The van der Waals surface area contributed by atoms with Gasteiger partial charge in [-0.1, -0.05) is 74.8 Å². The first-order chi connectivity index (χ1) is 18.1. The van der Waals surface area contributed by atoms with E-state index >= 15 is 4.39 Å². The molecular weight excluding hydrogens is 536 g/mol. The zero-order valence-corrected chi connectivity index (χ0v) is 21.9. The molecule has 3 aromatic carbocycles. The van der Waals surface area contributed by atoms with Gasteiger partial charge in [-0.05, 0) is 39.8 Å². The van der Waals surface area contributed by atoms with Crippen LogP contribution in [0.1, 0.15) is 70.8 Å². The molecule has 0 saturated heterocycles. The van der Waals surface area contributed by atoms with Crippen LogP contribution in [-0.2, 0) is 16.4 Å². The number of aromatic amines is 1. The van der Waals surface area contributed by atoms with Gasteiger partial charge in [-0.15, -0.1) is 0 Å². The topological polar surface area (TPSA) is 96.2 Å². The molecule has 0 aliphatic heterocycles. The number of halogens is 5. The number of alkyl halides is 3. The average molecular weight is 561 g/mol. The molecule has 0 fully saturated rings. The Balaban J connectivity index is 2.11. The van der Waals surface area contributed by atoms with Gasteiger partial charge in [0, 0.05) is 17.5 Å². The Bertz CT molecular complexity index is 1590. The predicted octanol–water partition coefficient (Wildman–Crippen LogP) is 7.38. The van der Waals surface area contributed by atoms with Crippen molar-refractivity contribution in [2.45, 2.75) is 44.2 Å². The SMILES string of the molecule is CC(C)(C)c1ccc(C(c2c[nH]c3c(C(=O)O)cccc23)C(C(N)=O)c2ccccc2C(F)(F)F)c(F)c1Cl. The second-order valence-electron chi connectivity index (χ2n) is 10.3. The van der Waals surface area contributed by atoms with E-state index < -0.39 is 52.2 Å². The molecule has 0 aliphatic rings. The Kier molecular flexibility index (Phi) is 7.25. The largest absolute Gasteiger partial charge is 0.478 e. The van der Waals surface area contributed by atoms with Crippen LogP contribution in [0, 0.1) is 5.82 Å². The Hall–Kier alpha value is -3.85. The fourth-order valence-electron chi connectivity index (χ4n) is 5.05. The van der Waals surface area contributed by atoms with Crippen LogP contribution in [0.3, 0.4) is 0 Å². The van der Waals surface area contributed by atoms with Crippen molar-refractivity contribution >= 4 is 34.4 Å². The normalized spacial score (nSPS) is 13.8. The fourth-order valence-corrected chi connectivity index (χ4v) is 5.50. The highest BCUT2D eigenvalue weighted by Crippen LogP contribution is 2.47. The summed E-state index contributed by atoms with van der Waals surface area (Å²) in [7, 11) is 0. The number of benzene rings is 3. The van der Waals surface area contributed by atoms with Crippen LogP contribution in [0.2, 0.25) is 5.02 Å². The smallest absolute Gasteiger partial charge is 0.416 e. The maximum absolute atomic E-state index is 16.1. The molecule has 1 heterocycles. The van der Waals surface area contributed by atoms with Gasteiger partial charge < -0.3 is 15.8 Å². The first-order valence-corrected chi connectivity index (χ1v) is 12.3. The molecule has 0 aliphatic carbocycles. The highest BCUT2D eigenvalue weighted by molar-refractivity contribution is 6.31. The average Bonchev–Trinajstić information content (AvgIpc) is 3.26. The lowest BCUT2D eigenvalue weighted by molar-refractivity contribution is -0.138. The number of H-pyrrole nitrogens is 1. The molecule has 4 rings (SSSR count). The number of primary amides is 1. The van der Waals surface area contributed by atoms with E-state index in [-0.39, 0.29) is 32.6 Å². The molecule has 0 bridgehead atoms. The van der Waals surface area contributed by atoms with Gasteiger partial charge in [-0.2, -0.15) is 13.2 Å². The number of nitrogens with two attached hydrogens (primary N) is 1. The lowest BCUT2D eigenvalue weighted by Gasteiger charge is -2.30. The minimum Gasteiger partial charge on any atom is -0.478 e. The summed E-state index contributed by atoms with van der Waals surface area (Å²) in [6.45, 7) is 5.47. The molecule has 5 nitrogen and oxygen atoms in total. The third-order valence-electron chi connectivity index (χ3n) is 6.81. The number of aromatic carboxylic acids is 1. The van der Waals surface area contributed by atoms with Crippen molar-refractivity contribution in [1.82, 2.24) is 4.98 Å². The number of carboxylic acid groups (broad SMARTS) is 1. The number of para-hydroxylation sites is 1. The second-order valence-corrected chi connectivity index (χ2v) is 10.7. The summed E-state index contributed by atoms with van der Waals surface area (Å²) in [5, 5.41) is 9.69. The summed E-state index contributed by atoms with van der Waals surface area (Å²) in [4.78, 5) is 27.7. The van der Waals surface area contributed by atoms with Gasteiger partial charge in [0.1, 0.15) is 5.82 Å². The Morgan fingerprint density at radius 1 is 0.923 bits per heavy atom. The fraction of sp³-hybridized carbons (Fsp3) is 0.241. The summed E-state index contributed by atoms with van der Waals surface area (Å²) in [5.41, 5.74) is 4.22.